The lowest BCUT2D eigenvalue weighted by Gasteiger charge is -2.39. The Labute approximate surface area is 213 Å². The van der Waals surface area contributed by atoms with E-state index in [0.29, 0.717) is 6.04 Å². The molecule has 1 nitrogen and oxygen atoms in total. The molecule has 0 atom stereocenters. The second-order valence-electron chi connectivity index (χ2n) is 10.1. The molecule has 35 heavy (non-hydrogen) atoms. The Morgan fingerprint density at radius 3 is 2.20 bits per heavy atom. The van der Waals surface area contributed by atoms with Crippen LogP contribution in [-0.4, -0.2) is 10.9 Å². The molecule has 1 heteroatoms. The summed E-state index contributed by atoms with van der Waals surface area (Å²) in [6.07, 6.45) is 7.56. The van der Waals surface area contributed by atoms with Crippen LogP contribution in [0.3, 0.4) is 0 Å². The zero-order valence-electron chi connectivity index (χ0n) is 22.1. The van der Waals surface area contributed by atoms with Gasteiger partial charge in [0.05, 0.1) is 0 Å². The fraction of sp³-hybridized carbons (Fsp3) is 0.353. The molecule has 3 aromatic carbocycles. The largest absolute Gasteiger partial charge is 0.364 e. The fourth-order valence-corrected chi connectivity index (χ4v) is 5.58. The maximum absolute atomic E-state index is 4.71. The first-order valence-electron chi connectivity index (χ1n) is 13.4. The summed E-state index contributed by atoms with van der Waals surface area (Å²) in [6, 6.07) is 27.1. The van der Waals surface area contributed by atoms with Gasteiger partial charge in [-0.1, -0.05) is 99.5 Å². The lowest BCUT2D eigenvalue weighted by molar-refractivity contribution is 0.196. The van der Waals surface area contributed by atoms with Gasteiger partial charge in [-0.2, -0.15) is 0 Å². The Hall–Kier alpha value is -3.06. The molecule has 182 valence electrons. The third-order valence-corrected chi connectivity index (χ3v) is 7.94. The van der Waals surface area contributed by atoms with Gasteiger partial charge in [0.1, 0.15) is 0 Å². The summed E-state index contributed by atoms with van der Waals surface area (Å²) >= 11 is 0. The third-order valence-electron chi connectivity index (χ3n) is 7.94. The van der Waals surface area contributed by atoms with Crippen molar-refractivity contribution in [2.75, 3.05) is 0 Å². The molecule has 0 spiro atoms. The van der Waals surface area contributed by atoms with Crippen LogP contribution >= 0.6 is 0 Å². The highest BCUT2D eigenvalue weighted by Crippen LogP contribution is 2.34. The molecule has 0 aliphatic heterocycles. The van der Waals surface area contributed by atoms with E-state index in [1.54, 1.807) is 0 Å². The lowest BCUT2D eigenvalue weighted by atomic mass is 9.90. The van der Waals surface area contributed by atoms with Gasteiger partial charge in [-0.25, -0.2) is 0 Å². The first-order valence-corrected chi connectivity index (χ1v) is 13.4. The van der Waals surface area contributed by atoms with Gasteiger partial charge in [0.15, 0.2) is 0 Å². The predicted molar refractivity (Wildman–Crippen MR) is 152 cm³/mol. The standard InChI is InChI=1S/C34H41N/c1-6-29-21-22-31(30-16-9-7-10-17-30)23-32(29)24-35(33-18-11-8-12-19-33)28(5)26(3)27(4)34-20-14-13-15-25(34)2/h7,9-10,13-17,20-23,33H,5-6,8,11-12,18-19,24H2,1-4H3/b27-26+. The van der Waals surface area contributed by atoms with Gasteiger partial charge in [0, 0.05) is 18.3 Å². The molecule has 0 bridgehead atoms. The topological polar surface area (TPSA) is 3.24 Å². The van der Waals surface area contributed by atoms with E-state index in [1.165, 1.54) is 82.3 Å². The van der Waals surface area contributed by atoms with E-state index in [4.69, 9.17) is 6.58 Å². The third kappa shape index (κ3) is 5.78. The molecular formula is C34H41N. The van der Waals surface area contributed by atoms with Crippen LogP contribution in [0.25, 0.3) is 16.7 Å². The summed E-state index contributed by atoms with van der Waals surface area (Å²) in [5.41, 5.74) is 11.9. The Morgan fingerprint density at radius 2 is 1.51 bits per heavy atom. The summed E-state index contributed by atoms with van der Waals surface area (Å²) in [4.78, 5) is 2.64. The van der Waals surface area contributed by atoms with E-state index >= 15 is 0 Å². The van der Waals surface area contributed by atoms with Gasteiger partial charge in [-0.05, 0) is 90.6 Å². The number of aryl methyl sites for hydroxylation is 2. The SMILES string of the molecule is C=C(/C(C)=C(\C)c1ccccc1C)N(Cc1cc(-c2ccccc2)ccc1CC)C1CCCCC1. The summed E-state index contributed by atoms with van der Waals surface area (Å²) in [5, 5.41) is 0. The van der Waals surface area contributed by atoms with E-state index in [0.717, 1.165) is 13.0 Å². The van der Waals surface area contributed by atoms with E-state index in [9.17, 15) is 0 Å². The normalized spacial score (nSPS) is 15.0. The molecule has 1 saturated carbocycles. The van der Waals surface area contributed by atoms with Crippen LogP contribution in [0.15, 0.2) is 90.6 Å². The minimum Gasteiger partial charge on any atom is -0.364 e. The minimum atomic E-state index is 0.556. The van der Waals surface area contributed by atoms with Crippen molar-refractivity contribution in [1.29, 1.82) is 0 Å². The highest BCUT2D eigenvalue weighted by molar-refractivity contribution is 5.72. The van der Waals surface area contributed by atoms with Crippen molar-refractivity contribution >= 4 is 5.57 Å². The Bertz CT molecular complexity index is 1180. The number of nitrogens with zero attached hydrogens (tertiary/aromatic N) is 1. The van der Waals surface area contributed by atoms with Crippen molar-refractivity contribution in [3.8, 4) is 11.1 Å². The van der Waals surface area contributed by atoms with Crippen LogP contribution in [-0.2, 0) is 13.0 Å². The van der Waals surface area contributed by atoms with Crippen molar-refractivity contribution in [1.82, 2.24) is 4.90 Å². The van der Waals surface area contributed by atoms with Crippen LogP contribution in [0.5, 0.6) is 0 Å². The highest BCUT2D eigenvalue weighted by Gasteiger charge is 2.25. The van der Waals surface area contributed by atoms with E-state index in [-0.39, 0.29) is 0 Å². The summed E-state index contributed by atoms with van der Waals surface area (Å²) in [5.74, 6) is 0. The number of hydrogen-bond acceptors (Lipinski definition) is 1. The molecule has 3 aromatic rings. The average molecular weight is 464 g/mol. The lowest BCUT2D eigenvalue weighted by Crippen LogP contribution is -2.36. The van der Waals surface area contributed by atoms with E-state index < -0.39 is 0 Å². The molecule has 0 aromatic heterocycles. The monoisotopic (exact) mass is 463 g/mol. The molecule has 0 N–H and O–H groups in total. The number of benzene rings is 3. The van der Waals surface area contributed by atoms with Crippen LogP contribution < -0.4 is 0 Å². The summed E-state index contributed by atoms with van der Waals surface area (Å²) in [7, 11) is 0. The van der Waals surface area contributed by atoms with Gasteiger partial charge in [0.25, 0.3) is 0 Å². The van der Waals surface area contributed by atoms with E-state index in [2.05, 4.69) is 105 Å². The van der Waals surface area contributed by atoms with Crippen molar-refractivity contribution in [2.45, 2.75) is 78.8 Å². The zero-order chi connectivity index (χ0) is 24.8. The summed E-state index contributed by atoms with van der Waals surface area (Å²) < 4.78 is 0. The van der Waals surface area contributed by atoms with Crippen LogP contribution in [0, 0.1) is 6.92 Å². The average Bonchev–Trinajstić information content (AvgIpc) is 2.91. The quantitative estimate of drug-likeness (QED) is 0.301. The molecule has 1 aliphatic carbocycles. The molecule has 0 heterocycles. The van der Waals surface area contributed by atoms with Crippen LogP contribution in [0.1, 0.15) is 75.1 Å². The number of rotatable bonds is 8. The molecule has 0 saturated heterocycles. The number of allylic oxidation sites excluding steroid dienone is 2. The molecular weight excluding hydrogens is 422 g/mol. The van der Waals surface area contributed by atoms with E-state index in [1.807, 2.05) is 0 Å². The number of hydrogen-bond donors (Lipinski definition) is 0. The second-order valence-corrected chi connectivity index (χ2v) is 10.1. The predicted octanol–water partition coefficient (Wildman–Crippen LogP) is 9.37. The fourth-order valence-electron chi connectivity index (χ4n) is 5.58. The van der Waals surface area contributed by atoms with Crippen LogP contribution in [0.4, 0.5) is 0 Å². The molecule has 1 fully saturated rings. The Balaban J connectivity index is 1.72. The minimum absolute atomic E-state index is 0.556. The van der Waals surface area contributed by atoms with Gasteiger partial charge in [-0.15, -0.1) is 0 Å². The van der Waals surface area contributed by atoms with Crippen molar-refractivity contribution in [3.05, 3.63) is 113 Å². The molecule has 0 amide bonds. The van der Waals surface area contributed by atoms with Crippen molar-refractivity contribution in [3.63, 3.8) is 0 Å². The molecule has 0 radical (unpaired) electrons. The first-order chi connectivity index (χ1) is 17.0. The van der Waals surface area contributed by atoms with Gasteiger partial charge < -0.3 is 4.90 Å². The molecule has 1 aliphatic rings. The molecule has 0 unspecified atom stereocenters. The Morgan fingerprint density at radius 1 is 0.829 bits per heavy atom. The smallest absolute Gasteiger partial charge is 0.0435 e. The summed E-state index contributed by atoms with van der Waals surface area (Å²) in [6.45, 7) is 14.6. The molecule has 4 rings (SSSR count). The van der Waals surface area contributed by atoms with Crippen molar-refractivity contribution < 1.29 is 0 Å². The zero-order valence-corrected chi connectivity index (χ0v) is 22.1. The van der Waals surface area contributed by atoms with Crippen molar-refractivity contribution in [2.24, 2.45) is 0 Å². The first kappa shape index (κ1) is 25.0. The van der Waals surface area contributed by atoms with Gasteiger partial charge in [-0.3, -0.25) is 0 Å². The maximum atomic E-state index is 4.71. The van der Waals surface area contributed by atoms with Gasteiger partial charge in [0.2, 0.25) is 0 Å². The maximum Gasteiger partial charge on any atom is 0.0435 e. The van der Waals surface area contributed by atoms with Gasteiger partial charge >= 0.3 is 0 Å². The van der Waals surface area contributed by atoms with Crippen LogP contribution in [0.2, 0.25) is 0 Å². The second kappa shape index (κ2) is 11.6. The Kier molecular flexibility index (Phi) is 8.29. The highest BCUT2D eigenvalue weighted by atomic mass is 15.2.